The fourth-order valence-electron chi connectivity index (χ4n) is 2.27. The van der Waals surface area contributed by atoms with Crippen molar-refractivity contribution in [2.75, 3.05) is 18.9 Å². The number of halogens is 1. The molecule has 0 aliphatic heterocycles. The molecule has 0 heterocycles. The number of nitrogens with two attached hydrogens (primary N) is 1. The second kappa shape index (κ2) is 6.39. The maximum atomic E-state index is 12.6. The lowest BCUT2D eigenvalue weighted by molar-refractivity contribution is 0.0563. The van der Waals surface area contributed by atoms with Crippen LogP contribution in [0.1, 0.15) is 36.0 Å². The summed E-state index contributed by atoms with van der Waals surface area (Å²) in [7, 11) is 0. The summed E-state index contributed by atoms with van der Waals surface area (Å²) in [6.45, 7) is 0.696. The minimum atomic E-state index is -0.0249. The van der Waals surface area contributed by atoms with Crippen LogP contribution in [0.4, 0.5) is 5.69 Å². The van der Waals surface area contributed by atoms with E-state index >= 15 is 0 Å². The first kappa shape index (κ1) is 14.3. The molecule has 5 heteroatoms. The summed E-state index contributed by atoms with van der Waals surface area (Å²) in [5.74, 6) is -0.0249. The van der Waals surface area contributed by atoms with E-state index in [0.717, 1.165) is 17.3 Å². The topological polar surface area (TPSA) is 66.6 Å². The van der Waals surface area contributed by atoms with E-state index in [2.05, 4.69) is 15.9 Å². The van der Waals surface area contributed by atoms with Gasteiger partial charge in [-0.2, -0.15) is 0 Å². The zero-order valence-corrected chi connectivity index (χ0v) is 12.4. The van der Waals surface area contributed by atoms with Crippen LogP contribution in [0.25, 0.3) is 0 Å². The Morgan fingerprint density at radius 2 is 2.21 bits per heavy atom. The number of rotatable bonds is 5. The number of anilines is 1. The average molecular weight is 327 g/mol. The van der Waals surface area contributed by atoms with E-state index in [0.29, 0.717) is 30.3 Å². The Morgan fingerprint density at radius 3 is 2.74 bits per heavy atom. The van der Waals surface area contributed by atoms with Crippen molar-refractivity contribution in [3.8, 4) is 0 Å². The van der Waals surface area contributed by atoms with E-state index < -0.39 is 0 Å². The van der Waals surface area contributed by atoms with Crippen molar-refractivity contribution < 1.29 is 9.90 Å². The number of carbonyl (C=O) groups is 1. The number of hydrogen-bond donors (Lipinski definition) is 2. The fraction of sp³-hybridized carbons (Fsp3) is 0.500. The highest BCUT2D eigenvalue weighted by atomic mass is 79.9. The van der Waals surface area contributed by atoms with Crippen molar-refractivity contribution in [3.63, 3.8) is 0 Å². The molecule has 0 saturated heterocycles. The number of carbonyl (C=O) groups excluding carboxylic acids is 1. The first-order valence-electron chi connectivity index (χ1n) is 6.60. The molecule has 0 bridgehead atoms. The van der Waals surface area contributed by atoms with Gasteiger partial charge in [-0.15, -0.1) is 0 Å². The van der Waals surface area contributed by atoms with E-state index in [9.17, 15) is 4.79 Å². The molecule has 0 atom stereocenters. The van der Waals surface area contributed by atoms with Crippen LogP contribution in [-0.2, 0) is 0 Å². The molecule has 4 nitrogen and oxygen atoms in total. The number of benzene rings is 1. The molecule has 1 amide bonds. The Labute approximate surface area is 121 Å². The molecule has 1 saturated carbocycles. The summed E-state index contributed by atoms with van der Waals surface area (Å²) in [5.41, 5.74) is 6.96. The Hall–Kier alpha value is -1.07. The summed E-state index contributed by atoms with van der Waals surface area (Å²) in [6, 6.07) is 5.64. The lowest BCUT2D eigenvalue weighted by Crippen LogP contribution is -2.45. The summed E-state index contributed by atoms with van der Waals surface area (Å²) < 4.78 is 0.868. The van der Waals surface area contributed by atoms with Crippen LogP contribution in [0.2, 0.25) is 0 Å². The molecule has 1 aromatic carbocycles. The van der Waals surface area contributed by atoms with Crippen molar-refractivity contribution in [1.29, 1.82) is 0 Å². The normalized spacial score (nSPS) is 15.1. The molecule has 1 aliphatic carbocycles. The predicted octanol–water partition coefficient (Wildman–Crippen LogP) is 2.41. The summed E-state index contributed by atoms with van der Waals surface area (Å²) in [6.07, 6.45) is 3.88. The third-order valence-electron chi connectivity index (χ3n) is 3.58. The van der Waals surface area contributed by atoms with Crippen LogP contribution in [0.5, 0.6) is 0 Å². The van der Waals surface area contributed by atoms with E-state index in [4.69, 9.17) is 10.8 Å². The van der Waals surface area contributed by atoms with Crippen molar-refractivity contribution >= 4 is 27.5 Å². The van der Waals surface area contributed by atoms with Crippen LogP contribution in [0.3, 0.4) is 0 Å². The highest BCUT2D eigenvalue weighted by molar-refractivity contribution is 9.10. The van der Waals surface area contributed by atoms with Gasteiger partial charge in [0.2, 0.25) is 0 Å². The standard InChI is InChI=1S/C14H19BrN2O2/c15-10-5-6-12(13(16)9-10)14(19)17(7-2-8-18)11-3-1-4-11/h5-6,9,11,18H,1-4,7-8,16H2. The smallest absolute Gasteiger partial charge is 0.256 e. The fourth-order valence-corrected chi connectivity index (χ4v) is 2.65. The zero-order chi connectivity index (χ0) is 13.8. The van der Waals surface area contributed by atoms with E-state index in [1.807, 2.05) is 11.0 Å². The Morgan fingerprint density at radius 1 is 1.47 bits per heavy atom. The highest BCUT2D eigenvalue weighted by Gasteiger charge is 2.29. The van der Waals surface area contributed by atoms with Crippen LogP contribution >= 0.6 is 15.9 Å². The van der Waals surface area contributed by atoms with E-state index in [-0.39, 0.29) is 12.5 Å². The molecule has 0 unspecified atom stereocenters. The number of aliphatic hydroxyl groups is 1. The minimum Gasteiger partial charge on any atom is -0.398 e. The molecule has 0 radical (unpaired) electrons. The van der Waals surface area contributed by atoms with Crippen LogP contribution in [0, 0.1) is 0 Å². The summed E-state index contributed by atoms with van der Waals surface area (Å²) in [4.78, 5) is 14.4. The lowest BCUT2D eigenvalue weighted by Gasteiger charge is -2.37. The number of aliphatic hydroxyl groups excluding tert-OH is 1. The molecule has 19 heavy (non-hydrogen) atoms. The van der Waals surface area contributed by atoms with Crippen molar-refractivity contribution in [3.05, 3.63) is 28.2 Å². The molecule has 104 valence electrons. The second-order valence-electron chi connectivity index (χ2n) is 4.89. The third kappa shape index (κ3) is 3.28. The van der Waals surface area contributed by atoms with E-state index in [1.165, 1.54) is 6.42 Å². The van der Waals surface area contributed by atoms with Gasteiger partial charge in [0.1, 0.15) is 0 Å². The van der Waals surface area contributed by atoms with Gasteiger partial charge in [0.15, 0.2) is 0 Å². The van der Waals surface area contributed by atoms with Gasteiger partial charge in [0.05, 0.1) is 5.56 Å². The van der Waals surface area contributed by atoms with Gasteiger partial charge >= 0.3 is 0 Å². The maximum Gasteiger partial charge on any atom is 0.256 e. The van der Waals surface area contributed by atoms with Crippen LogP contribution in [-0.4, -0.2) is 35.1 Å². The van der Waals surface area contributed by atoms with Gasteiger partial charge in [0, 0.05) is 29.4 Å². The highest BCUT2D eigenvalue weighted by Crippen LogP contribution is 2.28. The molecular formula is C14H19BrN2O2. The Bertz CT molecular complexity index is 461. The number of nitrogens with zero attached hydrogens (tertiary/aromatic N) is 1. The molecule has 0 aromatic heterocycles. The Kier molecular flexibility index (Phi) is 4.82. The lowest BCUT2D eigenvalue weighted by atomic mass is 9.90. The van der Waals surface area contributed by atoms with Crippen molar-refractivity contribution in [1.82, 2.24) is 4.90 Å². The van der Waals surface area contributed by atoms with Crippen molar-refractivity contribution in [2.45, 2.75) is 31.7 Å². The quantitative estimate of drug-likeness (QED) is 0.816. The Balaban J connectivity index is 2.17. The third-order valence-corrected chi connectivity index (χ3v) is 4.07. The zero-order valence-electron chi connectivity index (χ0n) is 10.8. The predicted molar refractivity (Wildman–Crippen MR) is 78.9 cm³/mol. The molecule has 0 spiro atoms. The van der Waals surface area contributed by atoms with Crippen LogP contribution in [0.15, 0.2) is 22.7 Å². The number of hydrogen-bond acceptors (Lipinski definition) is 3. The minimum absolute atomic E-state index is 0.0249. The van der Waals surface area contributed by atoms with Gasteiger partial charge in [0.25, 0.3) is 5.91 Å². The van der Waals surface area contributed by atoms with Gasteiger partial charge in [-0.25, -0.2) is 0 Å². The molecule has 1 fully saturated rings. The summed E-state index contributed by atoms with van der Waals surface area (Å²) in [5, 5.41) is 8.96. The van der Waals surface area contributed by atoms with E-state index in [1.54, 1.807) is 12.1 Å². The second-order valence-corrected chi connectivity index (χ2v) is 5.81. The number of amides is 1. The van der Waals surface area contributed by atoms with Gasteiger partial charge in [-0.05, 0) is 43.9 Å². The van der Waals surface area contributed by atoms with Gasteiger partial charge in [-0.3, -0.25) is 4.79 Å². The first-order valence-corrected chi connectivity index (χ1v) is 7.39. The molecule has 1 aromatic rings. The average Bonchev–Trinajstić information content (AvgIpc) is 2.31. The number of nitrogen functional groups attached to an aromatic ring is 1. The maximum absolute atomic E-state index is 12.6. The SMILES string of the molecule is Nc1cc(Br)ccc1C(=O)N(CCCO)C1CCC1. The van der Waals surface area contributed by atoms with Gasteiger partial charge < -0.3 is 15.7 Å². The van der Waals surface area contributed by atoms with Gasteiger partial charge in [-0.1, -0.05) is 15.9 Å². The van der Waals surface area contributed by atoms with Crippen LogP contribution < -0.4 is 5.73 Å². The molecule has 1 aliphatic rings. The molecular weight excluding hydrogens is 308 g/mol. The molecule has 2 rings (SSSR count). The monoisotopic (exact) mass is 326 g/mol. The van der Waals surface area contributed by atoms with Crippen molar-refractivity contribution in [2.24, 2.45) is 0 Å². The largest absolute Gasteiger partial charge is 0.398 e. The molecule has 3 N–H and O–H groups in total. The first-order chi connectivity index (χ1) is 9.13. The summed E-state index contributed by atoms with van der Waals surface area (Å²) >= 11 is 3.34.